The second-order valence-electron chi connectivity index (χ2n) is 8.61. The first-order valence-electron chi connectivity index (χ1n) is 10.8. The average molecular weight is 407 g/mol. The van der Waals surface area contributed by atoms with Gasteiger partial charge >= 0.3 is 5.97 Å². The van der Waals surface area contributed by atoms with E-state index in [0.717, 1.165) is 49.9 Å². The third-order valence-corrected chi connectivity index (χ3v) is 7.10. The van der Waals surface area contributed by atoms with Gasteiger partial charge in [-0.2, -0.15) is 0 Å². The molecule has 0 saturated heterocycles. The Bertz CT molecular complexity index is 659. The number of carbonyl (C=O) groups is 1. The minimum atomic E-state index is -0.559. The predicted octanol–water partition coefficient (Wildman–Crippen LogP) is 7.35. The Balaban J connectivity index is 1.40. The summed E-state index contributed by atoms with van der Waals surface area (Å²) >= 11 is 5.68. The van der Waals surface area contributed by atoms with Crippen LogP contribution in [0.2, 0.25) is 5.02 Å². The van der Waals surface area contributed by atoms with Gasteiger partial charge in [0, 0.05) is 6.07 Å². The first-order valence-corrected chi connectivity index (χ1v) is 11.2. The first-order chi connectivity index (χ1) is 13.6. The van der Waals surface area contributed by atoms with Crippen LogP contribution in [0.25, 0.3) is 0 Å². The fraction of sp³-hybridized carbons (Fsp3) is 0.625. The van der Waals surface area contributed by atoms with Crippen LogP contribution in [0.3, 0.4) is 0 Å². The molecule has 4 heteroatoms. The Morgan fingerprint density at radius 3 is 2.36 bits per heavy atom. The molecule has 28 heavy (non-hydrogen) atoms. The molecule has 1 aromatic carbocycles. The zero-order chi connectivity index (χ0) is 19.9. The zero-order valence-corrected chi connectivity index (χ0v) is 17.4. The molecule has 154 valence electrons. The van der Waals surface area contributed by atoms with Crippen molar-refractivity contribution in [1.29, 1.82) is 0 Å². The van der Waals surface area contributed by atoms with Crippen molar-refractivity contribution in [2.45, 2.75) is 70.6 Å². The molecule has 0 aliphatic heterocycles. The second-order valence-corrected chi connectivity index (χ2v) is 9.02. The number of halogens is 2. The monoisotopic (exact) mass is 406 g/mol. The molecule has 2 aliphatic rings. The summed E-state index contributed by atoms with van der Waals surface area (Å²) in [6, 6.07) is 4.14. The van der Waals surface area contributed by atoms with E-state index in [9.17, 15) is 9.18 Å². The lowest BCUT2D eigenvalue weighted by atomic mass is 9.68. The lowest BCUT2D eigenvalue weighted by Gasteiger charge is -2.37. The van der Waals surface area contributed by atoms with Gasteiger partial charge in [0.2, 0.25) is 0 Å². The van der Waals surface area contributed by atoms with Crippen molar-refractivity contribution >= 4 is 17.6 Å². The molecule has 0 bridgehead atoms. The summed E-state index contributed by atoms with van der Waals surface area (Å²) in [5.41, 5.74) is 0. The van der Waals surface area contributed by atoms with Gasteiger partial charge in [-0.25, -0.2) is 4.39 Å². The Morgan fingerprint density at radius 1 is 1.11 bits per heavy atom. The normalized spacial score (nSPS) is 27.9. The van der Waals surface area contributed by atoms with Gasteiger partial charge in [-0.05, 0) is 81.3 Å². The summed E-state index contributed by atoms with van der Waals surface area (Å²) in [5, 5.41) is 0.0377. The summed E-state index contributed by atoms with van der Waals surface area (Å²) in [6.45, 7) is 3.81. The molecule has 0 heterocycles. The molecule has 0 aromatic heterocycles. The molecule has 1 aromatic rings. The molecule has 2 nitrogen and oxygen atoms in total. The van der Waals surface area contributed by atoms with E-state index in [4.69, 9.17) is 16.3 Å². The SMILES string of the molecule is C=CCCC[C@H]1CC[C@H](C2CCC(C(=O)Oc3ccc(Cl)c(F)c3)CC2)CC1. The lowest BCUT2D eigenvalue weighted by molar-refractivity contribution is -0.140. The van der Waals surface area contributed by atoms with Crippen LogP contribution in [0, 0.1) is 29.5 Å². The van der Waals surface area contributed by atoms with E-state index in [1.165, 1.54) is 50.7 Å². The highest BCUT2D eigenvalue weighted by Gasteiger charge is 2.33. The standard InChI is InChI=1S/C24H32ClFO2/c1-2-3-4-5-17-6-8-18(9-7-17)19-10-12-20(13-11-19)24(27)28-21-14-15-22(25)23(26)16-21/h2,14-20H,1,3-13H2/t17-,18-,19?,20?. The molecule has 2 saturated carbocycles. The van der Waals surface area contributed by atoms with E-state index in [-0.39, 0.29) is 22.7 Å². The van der Waals surface area contributed by atoms with Crippen LogP contribution in [-0.4, -0.2) is 5.97 Å². The second kappa shape index (κ2) is 10.4. The van der Waals surface area contributed by atoms with Gasteiger partial charge in [-0.3, -0.25) is 4.79 Å². The molecular weight excluding hydrogens is 375 g/mol. The van der Waals surface area contributed by atoms with Crippen molar-refractivity contribution in [2.24, 2.45) is 23.7 Å². The Labute approximate surface area is 173 Å². The van der Waals surface area contributed by atoms with Crippen molar-refractivity contribution in [3.05, 3.63) is 41.7 Å². The molecule has 0 unspecified atom stereocenters. The third-order valence-electron chi connectivity index (χ3n) is 6.79. The van der Waals surface area contributed by atoms with Gasteiger partial charge in [-0.15, -0.1) is 6.58 Å². The highest BCUT2D eigenvalue weighted by Crippen LogP contribution is 2.42. The van der Waals surface area contributed by atoms with Crippen LogP contribution >= 0.6 is 11.6 Å². The van der Waals surface area contributed by atoms with Gasteiger partial charge in [0.05, 0.1) is 10.9 Å². The quantitative estimate of drug-likeness (QED) is 0.205. The van der Waals surface area contributed by atoms with Gasteiger partial charge in [-0.1, -0.05) is 36.9 Å². The number of unbranched alkanes of at least 4 members (excludes halogenated alkanes) is 1. The molecular formula is C24H32ClFO2. The van der Waals surface area contributed by atoms with E-state index >= 15 is 0 Å². The molecule has 0 atom stereocenters. The topological polar surface area (TPSA) is 26.3 Å². The Hall–Kier alpha value is -1.35. The van der Waals surface area contributed by atoms with Gasteiger partial charge < -0.3 is 4.74 Å². The fourth-order valence-electron chi connectivity index (χ4n) is 5.07. The highest BCUT2D eigenvalue weighted by atomic mass is 35.5. The minimum Gasteiger partial charge on any atom is -0.426 e. The molecule has 3 rings (SSSR count). The van der Waals surface area contributed by atoms with Crippen molar-refractivity contribution in [3.8, 4) is 5.75 Å². The molecule has 2 fully saturated rings. The molecule has 2 aliphatic carbocycles. The zero-order valence-electron chi connectivity index (χ0n) is 16.7. The third kappa shape index (κ3) is 5.83. The molecule has 0 amide bonds. The smallest absolute Gasteiger partial charge is 0.314 e. The van der Waals surface area contributed by atoms with Crippen LogP contribution in [0.4, 0.5) is 4.39 Å². The predicted molar refractivity (Wildman–Crippen MR) is 112 cm³/mol. The number of benzene rings is 1. The summed E-state index contributed by atoms with van der Waals surface area (Å²) in [7, 11) is 0. The maximum absolute atomic E-state index is 13.5. The van der Waals surface area contributed by atoms with Crippen LogP contribution in [0.15, 0.2) is 30.9 Å². The van der Waals surface area contributed by atoms with Crippen molar-refractivity contribution < 1.29 is 13.9 Å². The highest BCUT2D eigenvalue weighted by molar-refractivity contribution is 6.30. The number of hydrogen-bond donors (Lipinski definition) is 0. The van der Waals surface area contributed by atoms with Crippen LogP contribution in [0.1, 0.15) is 70.6 Å². The van der Waals surface area contributed by atoms with Crippen molar-refractivity contribution in [1.82, 2.24) is 0 Å². The number of carbonyl (C=O) groups excluding carboxylic acids is 1. The minimum absolute atomic E-state index is 0.0377. The van der Waals surface area contributed by atoms with E-state index in [2.05, 4.69) is 6.58 Å². The van der Waals surface area contributed by atoms with Gasteiger partial charge in [0.1, 0.15) is 11.6 Å². The van der Waals surface area contributed by atoms with Crippen LogP contribution in [0.5, 0.6) is 5.75 Å². The number of ether oxygens (including phenoxy) is 1. The molecule has 0 spiro atoms. The maximum Gasteiger partial charge on any atom is 0.314 e. The number of rotatable bonds is 7. The van der Waals surface area contributed by atoms with Gasteiger partial charge in [0.15, 0.2) is 0 Å². The summed E-state index contributed by atoms with van der Waals surface area (Å²) in [4.78, 5) is 12.4. The average Bonchev–Trinajstić information content (AvgIpc) is 2.72. The Kier molecular flexibility index (Phi) is 7.96. The number of hydrogen-bond acceptors (Lipinski definition) is 2. The number of esters is 1. The maximum atomic E-state index is 13.5. The Morgan fingerprint density at radius 2 is 1.75 bits per heavy atom. The molecule has 0 radical (unpaired) electrons. The van der Waals surface area contributed by atoms with Crippen molar-refractivity contribution in [3.63, 3.8) is 0 Å². The van der Waals surface area contributed by atoms with E-state index < -0.39 is 5.82 Å². The van der Waals surface area contributed by atoms with E-state index in [0.29, 0.717) is 0 Å². The molecule has 0 N–H and O–H groups in total. The number of allylic oxidation sites excluding steroid dienone is 1. The largest absolute Gasteiger partial charge is 0.426 e. The van der Waals surface area contributed by atoms with Crippen LogP contribution < -0.4 is 4.74 Å². The van der Waals surface area contributed by atoms with E-state index in [1.807, 2.05) is 6.08 Å². The first kappa shape index (κ1) is 21.4. The van der Waals surface area contributed by atoms with E-state index in [1.54, 1.807) is 6.07 Å². The van der Waals surface area contributed by atoms with Gasteiger partial charge in [0.25, 0.3) is 0 Å². The lowest BCUT2D eigenvalue weighted by Crippen LogP contribution is -2.30. The fourth-order valence-corrected chi connectivity index (χ4v) is 5.18. The summed E-state index contributed by atoms with van der Waals surface area (Å²) in [6.07, 6.45) is 15.2. The van der Waals surface area contributed by atoms with Crippen LogP contribution in [-0.2, 0) is 4.79 Å². The summed E-state index contributed by atoms with van der Waals surface area (Å²) in [5.74, 6) is 1.88. The summed E-state index contributed by atoms with van der Waals surface area (Å²) < 4.78 is 18.9. The van der Waals surface area contributed by atoms with Crippen molar-refractivity contribution in [2.75, 3.05) is 0 Å².